The van der Waals surface area contributed by atoms with Gasteiger partial charge >= 0.3 is 0 Å². The lowest BCUT2D eigenvalue weighted by Gasteiger charge is -2.04. The summed E-state index contributed by atoms with van der Waals surface area (Å²) in [5.41, 5.74) is 2.91. The average molecular weight is 312 g/mol. The van der Waals surface area contributed by atoms with Crippen molar-refractivity contribution in [2.75, 3.05) is 0 Å². The smallest absolute Gasteiger partial charge is 0.142 e. The van der Waals surface area contributed by atoms with Crippen molar-refractivity contribution in [3.63, 3.8) is 0 Å². The largest absolute Gasteiger partial charge is 0.310 e. The first-order chi connectivity index (χ1) is 9.29. The molecule has 0 aliphatic rings. The van der Waals surface area contributed by atoms with E-state index in [-0.39, 0.29) is 0 Å². The molecule has 0 unspecified atom stereocenters. The lowest BCUT2D eigenvalue weighted by molar-refractivity contribution is 0.870. The summed E-state index contributed by atoms with van der Waals surface area (Å²) in [4.78, 5) is 4.63. The third-order valence-electron chi connectivity index (χ3n) is 2.99. The molecule has 4 heteroatoms. The molecule has 0 fully saturated rings. The van der Waals surface area contributed by atoms with E-state index in [9.17, 15) is 0 Å². The molecule has 0 aliphatic heterocycles. The molecule has 0 saturated heterocycles. The molecule has 1 heterocycles. The van der Waals surface area contributed by atoms with Gasteiger partial charge < -0.3 is 4.57 Å². The highest BCUT2D eigenvalue weighted by Gasteiger charge is 2.11. The maximum Gasteiger partial charge on any atom is 0.142 e. The highest BCUT2D eigenvalue weighted by Crippen LogP contribution is 2.25. The van der Waals surface area contributed by atoms with E-state index in [1.165, 1.54) is 0 Å². The molecule has 3 rings (SSSR count). The van der Waals surface area contributed by atoms with E-state index in [0.717, 1.165) is 26.9 Å². The number of nitriles is 1. The van der Waals surface area contributed by atoms with Crippen LogP contribution in [0.2, 0.25) is 0 Å². The molecule has 19 heavy (non-hydrogen) atoms. The van der Waals surface area contributed by atoms with Crippen molar-refractivity contribution in [2.45, 2.75) is 6.54 Å². The van der Waals surface area contributed by atoms with Crippen LogP contribution in [-0.4, -0.2) is 9.55 Å². The topological polar surface area (TPSA) is 41.6 Å². The monoisotopic (exact) mass is 311 g/mol. The minimum absolute atomic E-state index is 0.298. The Balaban J connectivity index is 2.25. The number of benzene rings is 2. The van der Waals surface area contributed by atoms with E-state index in [1.807, 2.05) is 53.1 Å². The maximum absolute atomic E-state index is 9.01. The van der Waals surface area contributed by atoms with Crippen molar-refractivity contribution < 1.29 is 0 Å². The molecule has 0 radical (unpaired) electrons. The molecule has 0 aliphatic carbocycles. The van der Waals surface area contributed by atoms with E-state index in [1.54, 1.807) is 0 Å². The first kappa shape index (κ1) is 11.9. The Labute approximate surface area is 119 Å². The highest BCUT2D eigenvalue weighted by atomic mass is 79.9. The fourth-order valence-corrected chi connectivity index (χ4v) is 2.39. The number of imidazole rings is 1. The van der Waals surface area contributed by atoms with Gasteiger partial charge in [0.2, 0.25) is 0 Å². The summed E-state index contributed by atoms with van der Waals surface area (Å²) < 4.78 is 2.97. The quantitative estimate of drug-likeness (QED) is 0.718. The average Bonchev–Trinajstić information content (AvgIpc) is 2.79. The lowest BCUT2D eigenvalue weighted by atomic mass is 10.2. The van der Waals surface area contributed by atoms with Gasteiger partial charge in [-0.25, -0.2) is 4.98 Å². The third kappa shape index (κ3) is 2.13. The Hall–Kier alpha value is -2.12. The minimum Gasteiger partial charge on any atom is -0.310 e. The van der Waals surface area contributed by atoms with Gasteiger partial charge in [0.05, 0.1) is 17.1 Å². The van der Waals surface area contributed by atoms with Crippen LogP contribution < -0.4 is 0 Å². The Bertz CT molecular complexity index is 766. The second kappa shape index (κ2) is 4.87. The Morgan fingerprint density at radius 3 is 2.58 bits per heavy atom. The molecular weight excluding hydrogens is 302 g/mol. The van der Waals surface area contributed by atoms with Crippen LogP contribution in [0.3, 0.4) is 0 Å². The van der Waals surface area contributed by atoms with Gasteiger partial charge in [0.1, 0.15) is 12.4 Å². The molecule has 0 atom stereocenters. The number of hydrogen-bond acceptors (Lipinski definition) is 2. The molecule has 0 N–H and O–H groups in total. The fraction of sp³-hybridized carbons (Fsp3) is 0.0667. The molecule has 3 nitrogen and oxygen atoms in total. The van der Waals surface area contributed by atoms with E-state index in [4.69, 9.17) is 5.26 Å². The first-order valence-electron chi connectivity index (χ1n) is 5.88. The van der Waals surface area contributed by atoms with Gasteiger partial charge in [-0.15, -0.1) is 0 Å². The predicted octanol–water partition coefficient (Wildman–Crippen LogP) is 3.99. The van der Waals surface area contributed by atoms with Crippen LogP contribution in [0.1, 0.15) is 0 Å². The van der Waals surface area contributed by atoms with E-state index in [2.05, 4.69) is 27.0 Å². The molecule has 92 valence electrons. The predicted molar refractivity (Wildman–Crippen MR) is 78.5 cm³/mol. The van der Waals surface area contributed by atoms with Gasteiger partial charge in [0.15, 0.2) is 0 Å². The minimum atomic E-state index is 0.298. The van der Waals surface area contributed by atoms with Crippen molar-refractivity contribution in [1.82, 2.24) is 9.55 Å². The van der Waals surface area contributed by atoms with Gasteiger partial charge in [-0.1, -0.05) is 40.2 Å². The van der Waals surface area contributed by atoms with Crippen molar-refractivity contribution in [1.29, 1.82) is 5.26 Å². The van der Waals surface area contributed by atoms with Crippen LogP contribution in [0.25, 0.3) is 22.4 Å². The molecule has 0 amide bonds. The zero-order valence-corrected chi connectivity index (χ0v) is 11.6. The Morgan fingerprint density at radius 1 is 1.11 bits per heavy atom. The normalized spacial score (nSPS) is 10.5. The molecule has 0 spiro atoms. The second-order valence-corrected chi connectivity index (χ2v) is 5.09. The number of para-hydroxylation sites is 2. The van der Waals surface area contributed by atoms with Crippen LogP contribution in [0, 0.1) is 11.3 Å². The van der Waals surface area contributed by atoms with Gasteiger partial charge in [0, 0.05) is 10.0 Å². The first-order valence-corrected chi connectivity index (χ1v) is 6.67. The number of aromatic nitrogens is 2. The number of nitrogens with zero attached hydrogens (tertiary/aromatic N) is 3. The van der Waals surface area contributed by atoms with E-state index in [0.29, 0.717) is 6.54 Å². The van der Waals surface area contributed by atoms with Crippen molar-refractivity contribution in [3.05, 3.63) is 53.0 Å². The standard InChI is InChI=1S/C15H10BrN3/c16-12-7-5-11(6-8-12)15-18-13-3-1-2-4-14(13)19(15)10-9-17/h1-8H,10H2. The van der Waals surface area contributed by atoms with Gasteiger partial charge in [-0.05, 0) is 24.3 Å². The van der Waals surface area contributed by atoms with Crippen molar-refractivity contribution in [3.8, 4) is 17.5 Å². The van der Waals surface area contributed by atoms with Gasteiger partial charge in [-0.3, -0.25) is 0 Å². The van der Waals surface area contributed by atoms with Crippen molar-refractivity contribution in [2.24, 2.45) is 0 Å². The fourth-order valence-electron chi connectivity index (χ4n) is 2.13. The maximum atomic E-state index is 9.01. The SMILES string of the molecule is N#CCn1c(-c2ccc(Br)cc2)nc2ccccc21. The summed E-state index contributed by atoms with van der Waals surface area (Å²) >= 11 is 3.42. The van der Waals surface area contributed by atoms with Crippen LogP contribution in [0.15, 0.2) is 53.0 Å². The van der Waals surface area contributed by atoms with Crippen LogP contribution >= 0.6 is 15.9 Å². The molecule has 2 aromatic carbocycles. The van der Waals surface area contributed by atoms with Crippen LogP contribution in [0.5, 0.6) is 0 Å². The molecule has 0 saturated carbocycles. The number of halogens is 1. The van der Waals surface area contributed by atoms with Crippen molar-refractivity contribution >= 4 is 27.0 Å². The molecule has 1 aromatic heterocycles. The van der Waals surface area contributed by atoms with E-state index < -0.39 is 0 Å². The summed E-state index contributed by atoms with van der Waals surface area (Å²) in [7, 11) is 0. The zero-order chi connectivity index (χ0) is 13.2. The summed E-state index contributed by atoms with van der Waals surface area (Å²) in [6.45, 7) is 0.298. The second-order valence-electron chi connectivity index (χ2n) is 4.18. The zero-order valence-electron chi connectivity index (χ0n) is 10.0. The molecule has 3 aromatic rings. The molecular formula is C15H10BrN3. The van der Waals surface area contributed by atoms with Crippen LogP contribution in [0.4, 0.5) is 0 Å². The number of fused-ring (bicyclic) bond motifs is 1. The molecule has 0 bridgehead atoms. The number of rotatable bonds is 2. The Morgan fingerprint density at radius 2 is 1.84 bits per heavy atom. The lowest BCUT2D eigenvalue weighted by Crippen LogP contribution is -1.98. The van der Waals surface area contributed by atoms with Gasteiger partial charge in [-0.2, -0.15) is 5.26 Å². The van der Waals surface area contributed by atoms with Crippen LogP contribution in [-0.2, 0) is 6.54 Å². The summed E-state index contributed by atoms with van der Waals surface area (Å²) in [6, 6.07) is 18.0. The highest BCUT2D eigenvalue weighted by molar-refractivity contribution is 9.10. The third-order valence-corrected chi connectivity index (χ3v) is 3.51. The van der Waals surface area contributed by atoms with E-state index >= 15 is 0 Å². The van der Waals surface area contributed by atoms with Gasteiger partial charge in [0.25, 0.3) is 0 Å². The Kier molecular flexibility index (Phi) is 3.06. The summed E-state index contributed by atoms with van der Waals surface area (Å²) in [5, 5.41) is 9.01. The number of hydrogen-bond donors (Lipinski definition) is 0. The summed E-state index contributed by atoms with van der Waals surface area (Å²) in [5.74, 6) is 0.829. The summed E-state index contributed by atoms with van der Waals surface area (Å²) in [6.07, 6.45) is 0.